The van der Waals surface area contributed by atoms with Gasteiger partial charge in [-0.15, -0.1) is 0 Å². The summed E-state index contributed by atoms with van der Waals surface area (Å²) in [5.74, 6) is 1.41. The smallest absolute Gasteiger partial charge is 0.151 e. The van der Waals surface area contributed by atoms with E-state index in [2.05, 4.69) is 0 Å². The largest absolute Gasteiger partial charge is 1.00 e. The summed E-state index contributed by atoms with van der Waals surface area (Å²) >= 11 is 1.29. The third-order valence-electron chi connectivity index (χ3n) is 3.56. The van der Waals surface area contributed by atoms with Crippen LogP contribution in [0.5, 0.6) is 5.75 Å². The molecule has 0 unspecified atom stereocenters. The molecule has 0 atom stereocenters. The molecule has 0 aliphatic heterocycles. The van der Waals surface area contributed by atoms with Crippen molar-refractivity contribution in [3.8, 4) is 22.7 Å². The maximum atomic E-state index is 7.44. The highest BCUT2D eigenvalue weighted by atomic mass is 35.5. The zero-order valence-electron chi connectivity index (χ0n) is 13.6. The number of hydrogen-bond acceptors (Lipinski definition) is 4. The van der Waals surface area contributed by atoms with Crippen molar-refractivity contribution in [2.24, 2.45) is 5.73 Å². The lowest BCUT2D eigenvalue weighted by molar-refractivity contribution is -0.00000546. The fourth-order valence-electron chi connectivity index (χ4n) is 2.38. The number of para-hydroxylation sites is 1. The van der Waals surface area contributed by atoms with Gasteiger partial charge in [0.25, 0.3) is 0 Å². The first-order valence-corrected chi connectivity index (χ1v) is 8.41. The van der Waals surface area contributed by atoms with Gasteiger partial charge in [-0.05, 0) is 36.4 Å². The molecule has 2 aromatic carbocycles. The second kappa shape index (κ2) is 8.60. The molecule has 7 heteroatoms. The Labute approximate surface area is 157 Å². The quantitative estimate of drug-likeness (QED) is 0.509. The van der Waals surface area contributed by atoms with E-state index in [1.165, 1.54) is 11.8 Å². The van der Waals surface area contributed by atoms with Crippen LogP contribution in [0, 0.1) is 5.41 Å². The summed E-state index contributed by atoms with van der Waals surface area (Å²) in [6, 6.07) is 17.7. The average Bonchev–Trinajstić information content (AvgIpc) is 3.05. The molecule has 0 fully saturated rings. The monoisotopic (exact) mass is 373 g/mol. The van der Waals surface area contributed by atoms with Gasteiger partial charge in [-0.25, -0.2) is 4.68 Å². The van der Waals surface area contributed by atoms with Crippen molar-refractivity contribution >= 4 is 16.9 Å². The van der Waals surface area contributed by atoms with Gasteiger partial charge in [0.1, 0.15) is 5.75 Å². The summed E-state index contributed by atoms with van der Waals surface area (Å²) in [7, 11) is 1.65. The molecule has 25 heavy (non-hydrogen) atoms. The summed E-state index contributed by atoms with van der Waals surface area (Å²) in [4.78, 5) is 0. The number of hydrogen-bond donors (Lipinski definition) is 2. The minimum absolute atomic E-state index is 0. The number of rotatable bonds is 5. The third kappa shape index (κ3) is 4.55. The Bertz CT molecular complexity index is 834. The van der Waals surface area contributed by atoms with Crippen LogP contribution in [-0.4, -0.2) is 22.1 Å². The minimum atomic E-state index is 0. The fraction of sp³-hybridized carbons (Fsp3) is 0.111. The molecule has 3 rings (SSSR count). The summed E-state index contributed by atoms with van der Waals surface area (Å²) in [6.45, 7) is 0. The highest BCUT2D eigenvalue weighted by Gasteiger charge is 2.13. The van der Waals surface area contributed by atoms with E-state index in [-0.39, 0.29) is 17.6 Å². The van der Waals surface area contributed by atoms with E-state index in [4.69, 9.17) is 21.0 Å². The van der Waals surface area contributed by atoms with Gasteiger partial charge in [0.2, 0.25) is 0 Å². The van der Waals surface area contributed by atoms with Crippen LogP contribution in [-0.2, 0) is 5.75 Å². The zero-order chi connectivity index (χ0) is 16.9. The number of aromatic nitrogens is 2. The van der Waals surface area contributed by atoms with Gasteiger partial charge in [0.15, 0.2) is 5.17 Å². The van der Waals surface area contributed by atoms with Gasteiger partial charge in [-0.3, -0.25) is 5.41 Å². The number of nitrogens with zero attached hydrogens (tertiary/aromatic N) is 2. The number of ether oxygens (including phenoxy) is 1. The minimum Gasteiger partial charge on any atom is -1.00 e. The SMILES string of the molecule is COc1ccc(-c2nn(-c3ccccc3)cc2CSC(=N)N)cc1.[Cl-]. The van der Waals surface area contributed by atoms with Crippen LogP contribution in [0.15, 0.2) is 60.8 Å². The maximum Gasteiger partial charge on any atom is 0.151 e. The molecule has 5 nitrogen and oxygen atoms in total. The Morgan fingerprint density at radius 2 is 1.84 bits per heavy atom. The van der Waals surface area contributed by atoms with Gasteiger partial charge in [0.05, 0.1) is 18.5 Å². The maximum absolute atomic E-state index is 7.44. The van der Waals surface area contributed by atoms with Crippen molar-refractivity contribution in [1.82, 2.24) is 9.78 Å². The van der Waals surface area contributed by atoms with E-state index in [0.29, 0.717) is 5.75 Å². The summed E-state index contributed by atoms with van der Waals surface area (Å²) in [5.41, 5.74) is 9.40. The number of benzene rings is 2. The lowest BCUT2D eigenvalue weighted by Crippen LogP contribution is -3.00. The molecule has 0 spiro atoms. The number of halogens is 1. The topological polar surface area (TPSA) is 76.9 Å². The van der Waals surface area contributed by atoms with Crippen molar-refractivity contribution in [1.29, 1.82) is 5.41 Å². The van der Waals surface area contributed by atoms with Crippen LogP contribution in [0.25, 0.3) is 16.9 Å². The summed E-state index contributed by atoms with van der Waals surface area (Å²) < 4.78 is 7.07. The van der Waals surface area contributed by atoms with Crippen LogP contribution >= 0.6 is 11.8 Å². The van der Waals surface area contributed by atoms with E-state index in [0.717, 1.165) is 28.3 Å². The summed E-state index contributed by atoms with van der Waals surface area (Å²) in [5, 5.41) is 12.3. The predicted molar refractivity (Wildman–Crippen MR) is 98.8 cm³/mol. The van der Waals surface area contributed by atoms with Crippen molar-refractivity contribution in [3.63, 3.8) is 0 Å². The molecule has 0 aliphatic carbocycles. The molecule has 3 N–H and O–H groups in total. The molecule has 0 saturated heterocycles. The summed E-state index contributed by atoms with van der Waals surface area (Å²) in [6.07, 6.45) is 1.99. The molecule has 0 bridgehead atoms. The van der Waals surface area contributed by atoms with E-state index in [1.54, 1.807) is 7.11 Å². The van der Waals surface area contributed by atoms with E-state index < -0.39 is 0 Å². The molecule has 3 aromatic rings. The van der Waals surface area contributed by atoms with E-state index in [1.807, 2.05) is 65.5 Å². The molecule has 0 radical (unpaired) electrons. The van der Waals surface area contributed by atoms with Crippen LogP contribution < -0.4 is 22.9 Å². The van der Waals surface area contributed by atoms with Crippen LogP contribution in [0.3, 0.4) is 0 Å². The second-order valence-corrected chi connectivity index (χ2v) is 6.18. The molecule has 0 aliphatic rings. The first-order chi connectivity index (χ1) is 11.7. The third-order valence-corrected chi connectivity index (χ3v) is 4.32. The lowest BCUT2D eigenvalue weighted by atomic mass is 10.1. The number of nitrogens with two attached hydrogens (primary N) is 1. The number of methoxy groups -OCH3 is 1. The Morgan fingerprint density at radius 3 is 2.44 bits per heavy atom. The Kier molecular flexibility index (Phi) is 6.50. The highest BCUT2D eigenvalue weighted by Crippen LogP contribution is 2.28. The molecular weight excluding hydrogens is 356 g/mol. The van der Waals surface area contributed by atoms with Crippen LogP contribution in [0.2, 0.25) is 0 Å². The lowest BCUT2D eigenvalue weighted by Gasteiger charge is -2.04. The molecule has 1 heterocycles. The van der Waals surface area contributed by atoms with Crippen LogP contribution in [0.4, 0.5) is 0 Å². The Morgan fingerprint density at radius 1 is 1.16 bits per heavy atom. The highest BCUT2D eigenvalue weighted by molar-refractivity contribution is 8.13. The van der Waals surface area contributed by atoms with Crippen molar-refractivity contribution in [2.45, 2.75) is 5.75 Å². The van der Waals surface area contributed by atoms with E-state index in [9.17, 15) is 0 Å². The molecular formula is C18H18ClN4OS-. The second-order valence-electron chi connectivity index (χ2n) is 5.16. The molecule has 0 amide bonds. The van der Waals surface area contributed by atoms with Crippen molar-refractivity contribution < 1.29 is 17.1 Å². The fourth-order valence-corrected chi connectivity index (χ4v) is 2.90. The number of amidine groups is 1. The van der Waals surface area contributed by atoms with Crippen molar-refractivity contribution in [3.05, 3.63) is 66.4 Å². The van der Waals surface area contributed by atoms with Gasteiger partial charge in [0, 0.05) is 23.1 Å². The van der Waals surface area contributed by atoms with Gasteiger partial charge < -0.3 is 22.9 Å². The van der Waals surface area contributed by atoms with Crippen molar-refractivity contribution in [2.75, 3.05) is 7.11 Å². The van der Waals surface area contributed by atoms with Crippen LogP contribution in [0.1, 0.15) is 5.56 Å². The Balaban J connectivity index is 0.00000225. The van der Waals surface area contributed by atoms with Gasteiger partial charge in [-0.2, -0.15) is 5.10 Å². The van der Waals surface area contributed by atoms with Gasteiger partial charge in [-0.1, -0.05) is 30.0 Å². The average molecular weight is 374 g/mol. The molecule has 1 aromatic heterocycles. The molecule has 0 saturated carbocycles. The normalized spacial score (nSPS) is 10.1. The van der Waals surface area contributed by atoms with E-state index >= 15 is 0 Å². The first kappa shape index (κ1) is 18.9. The standard InChI is InChI=1S/C18H18N4OS.ClH/c1-23-16-9-7-13(8-10-16)17-14(12-24-18(19)20)11-22(21-17)15-5-3-2-4-6-15;/h2-11H,12H2,1H3,(H3,19,20);1H/p-1. The first-order valence-electron chi connectivity index (χ1n) is 7.42. The predicted octanol–water partition coefficient (Wildman–Crippen LogP) is 0.679. The van der Waals surface area contributed by atoms with Gasteiger partial charge >= 0.3 is 0 Å². The number of nitrogens with one attached hydrogen (secondary N) is 1. The molecule has 130 valence electrons. The Hall–Kier alpha value is -2.44. The zero-order valence-corrected chi connectivity index (χ0v) is 15.2. The number of thioether (sulfide) groups is 1.